The maximum absolute atomic E-state index is 11.0. The Labute approximate surface area is 94.6 Å². The number of esters is 1. The SMILES string of the molecule is CC(=O)Oc1ccccc1C1CNCCO1. The highest BCUT2D eigenvalue weighted by molar-refractivity contribution is 5.69. The van der Waals surface area contributed by atoms with Gasteiger partial charge in [-0.3, -0.25) is 4.79 Å². The first kappa shape index (κ1) is 11.1. The molecule has 2 rings (SSSR count). The number of morpholine rings is 1. The average molecular weight is 221 g/mol. The van der Waals surface area contributed by atoms with Gasteiger partial charge in [0.05, 0.1) is 12.7 Å². The van der Waals surface area contributed by atoms with Crippen molar-refractivity contribution >= 4 is 5.97 Å². The number of carbonyl (C=O) groups is 1. The Balaban J connectivity index is 2.20. The van der Waals surface area contributed by atoms with Crippen molar-refractivity contribution in [2.24, 2.45) is 0 Å². The molecular weight excluding hydrogens is 206 g/mol. The number of hydrogen-bond acceptors (Lipinski definition) is 4. The zero-order valence-electron chi connectivity index (χ0n) is 9.23. The van der Waals surface area contributed by atoms with Gasteiger partial charge in [0.2, 0.25) is 0 Å². The highest BCUT2D eigenvalue weighted by atomic mass is 16.5. The fourth-order valence-electron chi connectivity index (χ4n) is 1.76. The smallest absolute Gasteiger partial charge is 0.308 e. The van der Waals surface area contributed by atoms with Crippen LogP contribution >= 0.6 is 0 Å². The molecule has 0 radical (unpaired) electrons. The van der Waals surface area contributed by atoms with Gasteiger partial charge in [-0.15, -0.1) is 0 Å². The molecule has 1 fully saturated rings. The van der Waals surface area contributed by atoms with Gasteiger partial charge in [0.25, 0.3) is 0 Å². The second-order valence-corrected chi connectivity index (χ2v) is 3.70. The van der Waals surface area contributed by atoms with Gasteiger partial charge >= 0.3 is 5.97 Å². The number of carbonyl (C=O) groups excluding carboxylic acids is 1. The minimum Gasteiger partial charge on any atom is -0.426 e. The molecule has 1 aromatic carbocycles. The van der Waals surface area contributed by atoms with Gasteiger partial charge in [-0.25, -0.2) is 0 Å². The maximum Gasteiger partial charge on any atom is 0.308 e. The third kappa shape index (κ3) is 2.59. The summed E-state index contributed by atoms with van der Waals surface area (Å²) in [6.07, 6.45) is -0.0377. The van der Waals surface area contributed by atoms with Gasteiger partial charge < -0.3 is 14.8 Å². The fraction of sp³-hybridized carbons (Fsp3) is 0.417. The van der Waals surface area contributed by atoms with E-state index in [2.05, 4.69) is 5.32 Å². The van der Waals surface area contributed by atoms with Gasteiger partial charge in [-0.1, -0.05) is 18.2 Å². The van der Waals surface area contributed by atoms with Crippen molar-refractivity contribution in [1.82, 2.24) is 5.32 Å². The van der Waals surface area contributed by atoms with Crippen molar-refractivity contribution in [2.75, 3.05) is 19.7 Å². The van der Waals surface area contributed by atoms with Crippen LogP contribution in [0, 0.1) is 0 Å². The van der Waals surface area contributed by atoms with Crippen LogP contribution in [-0.4, -0.2) is 25.7 Å². The lowest BCUT2D eigenvalue weighted by molar-refractivity contribution is -0.132. The average Bonchev–Trinajstić information content (AvgIpc) is 2.30. The number of hydrogen-bond donors (Lipinski definition) is 1. The van der Waals surface area contributed by atoms with Crippen molar-refractivity contribution in [3.8, 4) is 5.75 Å². The fourth-order valence-corrected chi connectivity index (χ4v) is 1.76. The zero-order valence-corrected chi connectivity index (χ0v) is 9.23. The van der Waals surface area contributed by atoms with E-state index in [1.807, 2.05) is 18.2 Å². The van der Waals surface area contributed by atoms with E-state index in [-0.39, 0.29) is 12.1 Å². The molecule has 0 saturated carbocycles. The Morgan fingerprint density at radius 3 is 3.00 bits per heavy atom. The van der Waals surface area contributed by atoms with E-state index in [0.29, 0.717) is 12.4 Å². The van der Waals surface area contributed by atoms with Crippen molar-refractivity contribution in [1.29, 1.82) is 0 Å². The van der Waals surface area contributed by atoms with E-state index in [0.717, 1.165) is 18.7 Å². The highest BCUT2D eigenvalue weighted by Gasteiger charge is 2.19. The van der Waals surface area contributed by atoms with Gasteiger partial charge in [0.15, 0.2) is 0 Å². The van der Waals surface area contributed by atoms with Crippen LogP contribution in [0.15, 0.2) is 24.3 Å². The predicted molar refractivity (Wildman–Crippen MR) is 59.3 cm³/mol. The van der Waals surface area contributed by atoms with Crippen molar-refractivity contribution in [3.05, 3.63) is 29.8 Å². The third-order valence-corrected chi connectivity index (χ3v) is 2.45. The van der Waals surface area contributed by atoms with E-state index >= 15 is 0 Å². The van der Waals surface area contributed by atoms with Gasteiger partial charge in [0.1, 0.15) is 5.75 Å². The number of nitrogens with one attached hydrogen (secondary N) is 1. The van der Waals surface area contributed by atoms with E-state index in [1.54, 1.807) is 6.07 Å². The molecule has 1 aliphatic heterocycles. The molecule has 0 bridgehead atoms. The van der Waals surface area contributed by atoms with Crippen LogP contribution in [0.4, 0.5) is 0 Å². The summed E-state index contributed by atoms with van der Waals surface area (Å²) in [4.78, 5) is 11.0. The first-order chi connectivity index (χ1) is 7.77. The molecule has 1 heterocycles. The third-order valence-electron chi connectivity index (χ3n) is 2.45. The quantitative estimate of drug-likeness (QED) is 0.603. The molecular formula is C12H15NO3. The van der Waals surface area contributed by atoms with Gasteiger partial charge in [0, 0.05) is 25.6 Å². The lowest BCUT2D eigenvalue weighted by atomic mass is 10.1. The molecule has 1 aromatic rings. The first-order valence-electron chi connectivity index (χ1n) is 5.37. The monoisotopic (exact) mass is 221 g/mol. The normalized spacial score (nSPS) is 20.4. The van der Waals surface area contributed by atoms with E-state index in [9.17, 15) is 4.79 Å². The van der Waals surface area contributed by atoms with Crippen LogP contribution in [0.3, 0.4) is 0 Å². The van der Waals surface area contributed by atoms with Gasteiger partial charge in [-0.05, 0) is 6.07 Å². The van der Waals surface area contributed by atoms with Crippen LogP contribution in [0.5, 0.6) is 5.75 Å². The summed E-state index contributed by atoms with van der Waals surface area (Å²) in [6, 6.07) is 7.48. The molecule has 0 aromatic heterocycles. The zero-order chi connectivity index (χ0) is 11.4. The molecule has 1 atom stereocenters. The topological polar surface area (TPSA) is 47.6 Å². The Hall–Kier alpha value is -1.39. The minimum atomic E-state index is -0.309. The predicted octanol–water partition coefficient (Wildman–Crippen LogP) is 1.27. The molecule has 16 heavy (non-hydrogen) atoms. The molecule has 0 aliphatic carbocycles. The van der Waals surface area contributed by atoms with Crippen LogP contribution in [0.1, 0.15) is 18.6 Å². The second-order valence-electron chi connectivity index (χ2n) is 3.70. The summed E-state index contributed by atoms with van der Waals surface area (Å²) in [7, 11) is 0. The maximum atomic E-state index is 11.0. The van der Waals surface area contributed by atoms with Gasteiger partial charge in [-0.2, -0.15) is 0 Å². The lowest BCUT2D eigenvalue weighted by Gasteiger charge is -2.25. The Bertz CT molecular complexity index is 372. The molecule has 0 spiro atoms. The molecule has 1 N–H and O–H groups in total. The summed E-state index contributed by atoms with van der Waals surface area (Å²) in [5.41, 5.74) is 0.921. The molecule has 0 amide bonds. The van der Waals surface area contributed by atoms with Crippen LogP contribution in [0.25, 0.3) is 0 Å². The van der Waals surface area contributed by atoms with Crippen LogP contribution in [-0.2, 0) is 9.53 Å². The molecule has 4 nitrogen and oxygen atoms in total. The summed E-state index contributed by atoms with van der Waals surface area (Å²) >= 11 is 0. The number of benzene rings is 1. The summed E-state index contributed by atoms with van der Waals surface area (Å²) in [6.45, 7) is 3.69. The van der Waals surface area contributed by atoms with Crippen molar-refractivity contribution in [3.63, 3.8) is 0 Å². The van der Waals surface area contributed by atoms with Crippen molar-refractivity contribution < 1.29 is 14.3 Å². The largest absolute Gasteiger partial charge is 0.426 e. The standard InChI is InChI=1S/C12H15NO3/c1-9(14)16-11-5-3-2-4-10(11)12-8-13-6-7-15-12/h2-5,12-13H,6-8H2,1H3. The Kier molecular flexibility index (Phi) is 3.54. The Morgan fingerprint density at radius 2 is 2.31 bits per heavy atom. The first-order valence-corrected chi connectivity index (χ1v) is 5.37. The number of ether oxygens (including phenoxy) is 2. The van der Waals surface area contributed by atoms with E-state index < -0.39 is 0 Å². The number of para-hydroxylation sites is 1. The number of rotatable bonds is 2. The highest BCUT2D eigenvalue weighted by Crippen LogP contribution is 2.28. The second kappa shape index (κ2) is 5.09. The molecule has 1 unspecified atom stereocenters. The summed E-state index contributed by atoms with van der Waals surface area (Å²) < 4.78 is 10.8. The van der Waals surface area contributed by atoms with Crippen molar-refractivity contribution in [2.45, 2.75) is 13.0 Å². The molecule has 1 saturated heterocycles. The summed E-state index contributed by atoms with van der Waals surface area (Å²) in [5.74, 6) is 0.278. The van der Waals surface area contributed by atoms with E-state index in [4.69, 9.17) is 9.47 Å². The van der Waals surface area contributed by atoms with E-state index in [1.165, 1.54) is 6.92 Å². The molecule has 86 valence electrons. The minimum absolute atomic E-state index is 0.0377. The molecule has 1 aliphatic rings. The van der Waals surface area contributed by atoms with Crippen LogP contribution < -0.4 is 10.1 Å². The lowest BCUT2D eigenvalue weighted by Crippen LogP contribution is -2.33. The van der Waals surface area contributed by atoms with Crippen LogP contribution in [0.2, 0.25) is 0 Å². The Morgan fingerprint density at radius 1 is 1.50 bits per heavy atom. The summed E-state index contributed by atoms with van der Waals surface area (Å²) in [5, 5.41) is 3.25. The molecule has 4 heteroatoms.